The van der Waals surface area contributed by atoms with Crippen molar-refractivity contribution in [3.05, 3.63) is 71.8 Å². The fourth-order valence-corrected chi connectivity index (χ4v) is 3.92. The van der Waals surface area contributed by atoms with Gasteiger partial charge in [0.2, 0.25) is 5.91 Å². The number of hydrogen-bond acceptors (Lipinski definition) is 4. The third-order valence-electron chi connectivity index (χ3n) is 5.71. The van der Waals surface area contributed by atoms with Crippen molar-refractivity contribution < 1.29 is 4.79 Å². The molecule has 0 aliphatic carbocycles. The zero-order chi connectivity index (χ0) is 20.9. The van der Waals surface area contributed by atoms with Gasteiger partial charge >= 0.3 is 0 Å². The molecule has 1 amide bonds. The highest BCUT2D eigenvalue weighted by Crippen LogP contribution is 2.24. The molecule has 154 valence electrons. The Labute approximate surface area is 178 Å². The average Bonchev–Trinajstić information content (AvgIpc) is 2.80. The fourth-order valence-electron chi connectivity index (χ4n) is 3.92. The second-order valence-corrected chi connectivity index (χ2v) is 7.97. The number of carbonyl (C=O) groups excluding carboxylic acids is 1. The Hall–Kier alpha value is -3.21. The van der Waals surface area contributed by atoms with Gasteiger partial charge < -0.3 is 10.2 Å². The molecule has 1 saturated heterocycles. The van der Waals surface area contributed by atoms with Gasteiger partial charge in [0.1, 0.15) is 0 Å². The first-order valence-corrected chi connectivity index (χ1v) is 10.7. The molecule has 1 atom stereocenters. The predicted molar refractivity (Wildman–Crippen MR) is 122 cm³/mol. The van der Waals surface area contributed by atoms with Gasteiger partial charge in [-0.1, -0.05) is 42.8 Å². The van der Waals surface area contributed by atoms with Gasteiger partial charge in [-0.15, -0.1) is 10.2 Å². The van der Waals surface area contributed by atoms with E-state index in [2.05, 4.69) is 58.5 Å². The molecule has 5 heteroatoms. The van der Waals surface area contributed by atoms with Gasteiger partial charge in [-0.05, 0) is 62.1 Å². The molecule has 0 bridgehead atoms. The van der Waals surface area contributed by atoms with Crippen LogP contribution in [0.5, 0.6) is 0 Å². The second-order valence-electron chi connectivity index (χ2n) is 7.97. The summed E-state index contributed by atoms with van der Waals surface area (Å²) in [4.78, 5) is 15.0. The van der Waals surface area contributed by atoms with Crippen molar-refractivity contribution in [3.8, 4) is 11.3 Å². The maximum atomic E-state index is 12.8. The Morgan fingerprint density at radius 2 is 1.93 bits per heavy atom. The summed E-state index contributed by atoms with van der Waals surface area (Å²) in [6, 6.07) is 20.4. The van der Waals surface area contributed by atoms with Crippen molar-refractivity contribution in [2.24, 2.45) is 5.92 Å². The number of anilines is 2. The summed E-state index contributed by atoms with van der Waals surface area (Å²) in [5.74, 6) is 0.854. The summed E-state index contributed by atoms with van der Waals surface area (Å²) in [6.07, 6.45) is 2.86. The minimum Gasteiger partial charge on any atom is -0.354 e. The van der Waals surface area contributed by atoms with Gasteiger partial charge in [-0.25, -0.2) is 0 Å². The number of nitrogens with zero attached hydrogens (tertiary/aromatic N) is 3. The number of aryl methyl sites for hydroxylation is 2. The van der Waals surface area contributed by atoms with E-state index >= 15 is 0 Å². The molecular formula is C25H28N4O. The molecule has 4 rings (SSSR count). The largest absolute Gasteiger partial charge is 0.354 e. The number of nitrogens with one attached hydrogen (secondary N) is 1. The van der Waals surface area contributed by atoms with Crippen molar-refractivity contribution in [2.75, 3.05) is 23.3 Å². The molecule has 1 aliphatic rings. The molecule has 3 aromatic rings. The summed E-state index contributed by atoms with van der Waals surface area (Å²) in [7, 11) is 0. The van der Waals surface area contributed by atoms with E-state index in [0.29, 0.717) is 6.54 Å². The van der Waals surface area contributed by atoms with Crippen LogP contribution in [0.25, 0.3) is 11.3 Å². The lowest BCUT2D eigenvalue weighted by atomic mass is 9.97. The molecular weight excluding hydrogens is 372 g/mol. The zero-order valence-corrected chi connectivity index (χ0v) is 17.6. The first-order chi connectivity index (χ1) is 14.6. The van der Waals surface area contributed by atoms with E-state index < -0.39 is 0 Å². The van der Waals surface area contributed by atoms with E-state index in [1.807, 2.05) is 36.4 Å². The predicted octanol–water partition coefficient (Wildman–Crippen LogP) is 4.87. The lowest BCUT2D eigenvalue weighted by Crippen LogP contribution is -2.41. The molecule has 2 heterocycles. The van der Waals surface area contributed by atoms with E-state index in [9.17, 15) is 4.79 Å². The third-order valence-corrected chi connectivity index (χ3v) is 5.71. The van der Waals surface area contributed by atoms with Crippen LogP contribution in [0, 0.1) is 12.8 Å². The Morgan fingerprint density at radius 1 is 1.10 bits per heavy atom. The van der Waals surface area contributed by atoms with Crippen LogP contribution >= 0.6 is 0 Å². The lowest BCUT2D eigenvalue weighted by molar-refractivity contribution is -0.120. The van der Waals surface area contributed by atoms with E-state index in [4.69, 9.17) is 0 Å². The summed E-state index contributed by atoms with van der Waals surface area (Å²) >= 11 is 0. The van der Waals surface area contributed by atoms with Crippen LogP contribution in [0.2, 0.25) is 0 Å². The number of carbonyl (C=O) groups is 1. The Bertz CT molecular complexity index is 998. The Kier molecular flexibility index (Phi) is 6.07. The molecule has 1 fully saturated rings. The topological polar surface area (TPSA) is 58.1 Å². The molecule has 1 N–H and O–H groups in total. The monoisotopic (exact) mass is 400 g/mol. The van der Waals surface area contributed by atoms with Crippen molar-refractivity contribution in [1.29, 1.82) is 0 Å². The van der Waals surface area contributed by atoms with Crippen LogP contribution < -0.4 is 10.2 Å². The van der Waals surface area contributed by atoms with E-state index in [1.165, 1.54) is 11.1 Å². The third kappa shape index (κ3) is 4.67. The summed E-state index contributed by atoms with van der Waals surface area (Å²) in [5.41, 5.74) is 5.26. The van der Waals surface area contributed by atoms with Crippen molar-refractivity contribution >= 4 is 17.4 Å². The van der Waals surface area contributed by atoms with Gasteiger partial charge in [0, 0.05) is 24.3 Å². The standard InChI is InChI=1S/C25H28N4O/c1-3-19-9-11-22(12-10-19)26-25(30)21-8-5-15-29(17-21)24-14-13-23(27-28-24)20-7-4-6-18(2)16-20/h4,6-7,9-14,16,21H,3,5,8,15,17H2,1-2H3,(H,26,30)/t21-/m0/s1. The van der Waals surface area contributed by atoms with Crippen molar-refractivity contribution in [1.82, 2.24) is 10.2 Å². The highest BCUT2D eigenvalue weighted by molar-refractivity contribution is 5.93. The van der Waals surface area contributed by atoms with Crippen LogP contribution in [0.1, 0.15) is 30.9 Å². The molecule has 1 aromatic heterocycles. The summed E-state index contributed by atoms with van der Waals surface area (Å²) < 4.78 is 0. The highest BCUT2D eigenvalue weighted by atomic mass is 16.1. The Balaban J connectivity index is 1.41. The maximum absolute atomic E-state index is 12.8. The van der Waals surface area contributed by atoms with Crippen molar-refractivity contribution in [3.63, 3.8) is 0 Å². The molecule has 1 aliphatic heterocycles. The van der Waals surface area contributed by atoms with Crippen LogP contribution in [0.15, 0.2) is 60.7 Å². The van der Waals surface area contributed by atoms with Gasteiger partial charge in [-0.2, -0.15) is 0 Å². The normalized spacial score (nSPS) is 16.3. The smallest absolute Gasteiger partial charge is 0.229 e. The van der Waals surface area contributed by atoms with Crippen LogP contribution in [-0.2, 0) is 11.2 Å². The van der Waals surface area contributed by atoms with Gasteiger partial charge in [0.25, 0.3) is 0 Å². The molecule has 0 radical (unpaired) electrons. The first-order valence-electron chi connectivity index (χ1n) is 10.7. The second kappa shape index (κ2) is 9.08. The van der Waals surface area contributed by atoms with Crippen LogP contribution in [0.3, 0.4) is 0 Å². The number of hydrogen-bond donors (Lipinski definition) is 1. The molecule has 30 heavy (non-hydrogen) atoms. The van der Waals surface area contributed by atoms with E-state index in [-0.39, 0.29) is 11.8 Å². The van der Waals surface area contributed by atoms with E-state index in [1.54, 1.807) is 0 Å². The molecule has 2 aromatic carbocycles. The van der Waals surface area contributed by atoms with Gasteiger partial charge in [0.15, 0.2) is 5.82 Å². The van der Waals surface area contributed by atoms with Gasteiger partial charge in [-0.3, -0.25) is 4.79 Å². The summed E-state index contributed by atoms with van der Waals surface area (Å²) in [6.45, 7) is 5.76. The summed E-state index contributed by atoms with van der Waals surface area (Å²) in [5, 5.41) is 11.9. The molecule has 0 saturated carbocycles. The van der Waals surface area contributed by atoms with Gasteiger partial charge in [0.05, 0.1) is 11.6 Å². The number of rotatable bonds is 5. The highest BCUT2D eigenvalue weighted by Gasteiger charge is 2.26. The zero-order valence-electron chi connectivity index (χ0n) is 17.6. The minimum absolute atomic E-state index is 0.0529. The van der Waals surface area contributed by atoms with Crippen LogP contribution in [-0.4, -0.2) is 29.2 Å². The molecule has 5 nitrogen and oxygen atoms in total. The maximum Gasteiger partial charge on any atom is 0.229 e. The molecule has 0 spiro atoms. The number of amides is 1. The number of piperidine rings is 1. The Morgan fingerprint density at radius 3 is 2.63 bits per heavy atom. The molecule has 0 unspecified atom stereocenters. The fraction of sp³-hybridized carbons (Fsp3) is 0.320. The number of aromatic nitrogens is 2. The average molecular weight is 401 g/mol. The lowest BCUT2D eigenvalue weighted by Gasteiger charge is -2.32. The van der Waals surface area contributed by atoms with Crippen molar-refractivity contribution in [2.45, 2.75) is 33.1 Å². The SMILES string of the molecule is CCc1ccc(NC(=O)[C@H]2CCCN(c3ccc(-c4cccc(C)c4)nn3)C2)cc1. The van der Waals surface area contributed by atoms with E-state index in [0.717, 1.165) is 48.6 Å². The quantitative estimate of drug-likeness (QED) is 0.664. The number of benzene rings is 2. The van der Waals surface area contributed by atoms with Crippen LogP contribution in [0.4, 0.5) is 11.5 Å². The first kappa shape index (κ1) is 20.1. The minimum atomic E-state index is -0.0529.